The Morgan fingerprint density at radius 1 is 1.25 bits per heavy atom. The number of phenolic OH excluding ortho intramolecular Hbond substituents is 1. The number of fused-ring (bicyclic) bond motifs is 2. The number of carbonyl (C=O) groups excluding carboxylic acids is 4. The van der Waals surface area contributed by atoms with Crippen LogP contribution in [0.15, 0.2) is 36.1 Å². The van der Waals surface area contributed by atoms with E-state index in [1.54, 1.807) is 13.8 Å². The molecule has 1 aromatic carbocycles. The molecule has 6 N–H and O–H groups in total. The first-order chi connectivity index (χ1) is 18.3. The number of aliphatic carboxylic acids is 2. The first kappa shape index (κ1) is 32.3. The zero-order valence-electron chi connectivity index (χ0n) is 21.8. The second kappa shape index (κ2) is 12.4. The SMILES string of the molecule is CC1(C)S[C@@H]2[C@H](NC(=O)[C@H](N)c3ccc(O)cc3)C(=O)N2[C@@H]1C(=O)O.O=C([O-])[C@@H]1/C(=C\CO)O[C@@H]2CC(=O)N12.[K+]. The van der Waals surface area contributed by atoms with Crippen LogP contribution in [0.2, 0.25) is 0 Å². The molecular weight excluding hydrogens is 575 g/mol. The van der Waals surface area contributed by atoms with Crippen molar-refractivity contribution in [2.45, 2.75) is 60.8 Å². The van der Waals surface area contributed by atoms with Crippen molar-refractivity contribution in [3.63, 3.8) is 0 Å². The van der Waals surface area contributed by atoms with E-state index in [-0.39, 0.29) is 81.8 Å². The third kappa shape index (κ3) is 5.90. The number of amides is 3. The number of nitrogens with zero attached hydrogens (tertiary/aromatic N) is 2. The number of hydrogen-bond donors (Lipinski definition) is 5. The molecule has 210 valence electrons. The topological polar surface area (TPSA) is 223 Å². The van der Waals surface area contributed by atoms with Crippen LogP contribution in [0.1, 0.15) is 31.9 Å². The van der Waals surface area contributed by atoms with Crippen molar-refractivity contribution in [1.82, 2.24) is 15.1 Å². The Kier molecular flexibility index (Phi) is 9.99. The van der Waals surface area contributed by atoms with Crippen LogP contribution in [0.5, 0.6) is 5.75 Å². The smallest absolute Gasteiger partial charge is 0.547 e. The summed E-state index contributed by atoms with van der Waals surface area (Å²) in [6, 6.07) is 2.03. The van der Waals surface area contributed by atoms with Gasteiger partial charge < -0.3 is 45.9 Å². The van der Waals surface area contributed by atoms with Gasteiger partial charge in [0, 0.05) is 4.75 Å². The molecule has 4 aliphatic rings. The molecule has 6 atom stereocenters. The van der Waals surface area contributed by atoms with Crippen molar-refractivity contribution in [2.24, 2.45) is 5.73 Å². The number of carboxylic acids is 2. The zero-order valence-corrected chi connectivity index (χ0v) is 25.8. The molecule has 0 spiro atoms. The Hall–Kier alpha value is -2.18. The van der Waals surface area contributed by atoms with E-state index in [9.17, 15) is 39.3 Å². The summed E-state index contributed by atoms with van der Waals surface area (Å²) in [7, 11) is 0. The Balaban J connectivity index is 0.000000250. The maximum absolute atomic E-state index is 12.3. The molecule has 0 bridgehead atoms. The summed E-state index contributed by atoms with van der Waals surface area (Å²) < 4.78 is 4.48. The molecular formula is C24H27KN4O10S. The number of ether oxygens (including phenoxy) is 1. The number of carbonyl (C=O) groups is 5. The molecule has 14 nitrogen and oxygen atoms in total. The molecule has 1 aromatic rings. The predicted octanol–water partition coefficient (Wildman–Crippen LogP) is -5.40. The van der Waals surface area contributed by atoms with Crippen LogP contribution < -0.4 is 67.5 Å². The standard InChI is InChI=1S/C16H19N3O5S.C8H9NO5.K/c1-16(2)11(15(23)24)19-13(22)10(14(19)25-16)18-12(21)9(17)7-3-5-8(20)6-4-7;10-2-1-4-7(8(12)13)9-5(11)3-6(9)14-4;/h3-6,9-11,14,20H,17H2,1-2H3,(H,18,21)(H,23,24);1,6-7,10H,2-3H2,(H,12,13);/q;;+1/p-1/b;4-1+;/t9-,10-,11-,14-;6-,7+;/m11./s1. The summed E-state index contributed by atoms with van der Waals surface area (Å²) in [5.74, 6) is -3.51. The Labute approximate surface area is 275 Å². The van der Waals surface area contributed by atoms with Gasteiger partial charge in [-0.1, -0.05) is 12.1 Å². The van der Waals surface area contributed by atoms with E-state index < -0.39 is 64.3 Å². The molecule has 4 saturated heterocycles. The van der Waals surface area contributed by atoms with Gasteiger partial charge in [-0.3, -0.25) is 19.3 Å². The van der Waals surface area contributed by atoms with Gasteiger partial charge in [0.25, 0.3) is 0 Å². The van der Waals surface area contributed by atoms with Gasteiger partial charge in [0.15, 0.2) is 6.23 Å². The summed E-state index contributed by atoms with van der Waals surface area (Å²) in [6.45, 7) is 3.21. The quantitative estimate of drug-likeness (QED) is 0.152. The van der Waals surface area contributed by atoms with Crippen molar-refractivity contribution in [3.8, 4) is 5.75 Å². The molecule has 40 heavy (non-hydrogen) atoms. The average Bonchev–Trinajstić information content (AvgIpc) is 3.31. The minimum absolute atomic E-state index is 0. The van der Waals surface area contributed by atoms with Crippen LogP contribution in [-0.4, -0.2) is 95.9 Å². The maximum atomic E-state index is 12.3. The van der Waals surface area contributed by atoms with E-state index in [2.05, 4.69) is 5.32 Å². The molecule has 0 unspecified atom stereocenters. The van der Waals surface area contributed by atoms with Gasteiger partial charge in [-0.2, -0.15) is 0 Å². The van der Waals surface area contributed by atoms with Crippen LogP contribution in [0.3, 0.4) is 0 Å². The van der Waals surface area contributed by atoms with Gasteiger partial charge in [0.1, 0.15) is 41.0 Å². The van der Waals surface area contributed by atoms with Gasteiger partial charge in [0.05, 0.1) is 19.0 Å². The van der Waals surface area contributed by atoms with Gasteiger partial charge in [-0.05, 0) is 37.6 Å². The third-order valence-corrected chi connectivity index (χ3v) is 8.36. The number of aromatic hydroxyl groups is 1. The van der Waals surface area contributed by atoms with Crippen molar-refractivity contribution in [2.75, 3.05) is 6.61 Å². The molecule has 0 aromatic heterocycles. The van der Waals surface area contributed by atoms with Gasteiger partial charge >= 0.3 is 57.4 Å². The number of carboxylic acid groups (broad SMARTS) is 2. The monoisotopic (exact) mass is 602 g/mol. The van der Waals surface area contributed by atoms with E-state index in [0.717, 1.165) is 4.90 Å². The number of phenols is 1. The summed E-state index contributed by atoms with van der Waals surface area (Å²) >= 11 is 1.35. The first-order valence-corrected chi connectivity index (χ1v) is 12.7. The number of aliphatic hydroxyl groups excluding tert-OH is 1. The van der Waals surface area contributed by atoms with Crippen LogP contribution in [0, 0.1) is 0 Å². The minimum Gasteiger partial charge on any atom is -0.547 e. The van der Waals surface area contributed by atoms with E-state index >= 15 is 0 Å². The van der Waals surface area contributed by atoms with E-state index in [4.69, 9.17) is 15.6 Å². The molecule has 3 amide bonds. The number of benzene rings is 1. The molecule has 0 radical (unpaired) electrons. The second-order valence-electron chi connectivity index (χ2n) is 9.74. The fourth-order valence-electron chi connectivity index (χ4n) is 4.87. The van der Waals surface area contributed by atoms with Crippen LogP contribution in [-0.2, 0) is 28.7 Å². The molecule has 4 aliphatic heterocycles. The number of β-lactam (4-membered cyclic amide) rings is 2. The number of nitrogens with two attached hydrogens (primary N) is 1. The summed E-state index contributed by atoms with van der Waals surface area (Å²) in [4.78, 5) is 60.3. The fraction of sp³-hybridized carbons (Fsp3) is 0.458. The molecule has 0 aliphatic carbocycles. The maximum Gasteiger partial charge on any atom is 1.00 e. The second-order valence-corrected chi connectivity index (χ2v) is 11.5. The summed E-state index contributed by atoms with van der Waals surface area (Å²) in [6.07, 6.45) is 0.918. The van der Waals surface area contributed by atoms with Gasteiger partial charge in [-0.15, -0.1) is 11.8 Å². The van der Waals surface area contributed by atoms with E-state index in [1.165, 1.54) is 47.0 Å². The number of thioether (sulfide) groups is 1. The number of hydrogen-bond acceptors (Lipinski definition) is 11. The minimum atomic E-state index is -1.39. The average molecular weight is 603 g/mol. The summed E-state index contributed by atoms with van der Waals surface area (Å²) in [5.41, 5.74) is 6.41. The van der Waals surface area contributed by atoms with Crippen molar-refractivity contribution < 1.29 is 101 Å². The molecule has 4 heterocycles. The molecule has 0 saturated carbocycles. The Morgan fingerprint density at radius 3 is 2.40 bits per heavy atom. The first-order valence-electron chi connectivity index (χ1n) is 11.9. The molecule has 16 heteroatoms. The number of rotatable bonds is 6. The van der Waals surface area contributed by atoms with E-state index in [1.807, 2.05) is 0 Å². The van der Waals surface area contributed by atoms with Crippen LogP contribution in [0.4, 0.5) is 0 Å². The van der Waals surface area contributed by atoms with Crippen LogP contribution in [0.25, 0.3) is 0 Å². The van der Waals surface area contributed by atoms with Gasteiger partial charge in [0.2, 0.25) is 17.7 Å². The molecule has 5 rings (SSSR count). The van der Waals surface area contributed by atoms with Crippen LogP contribution >= 0.6 is 11.8 Å². The third-order valence-electron chi connectivity index (χ3n) is 6.79. The largest absolute Gasteiger partial charge is 1.00 e. The van der Waals surface area contributed by atoms with Crippen molar-refractivity contribution in [1.29, 1.82) is 0 Å². The number of nitrogens with one attached hydrogen (secondary N) is 1. The van der Waals surface area contributed by atoms with Crippen molar-refractivity contribution >= 4 is 41.4 Å². The van der Waals surface area contributed by atoms with Crippen molar-refractivity contribution in [3.05, 3.63) is 41.7 Å². The predicted molar refractivity (Wildman–Crippen MR) is 131 cm³/mol. The van der Waals surface area contributed by atoms with E-state index in [0.29, 0.717) is 5.56 Å². The Bertz CT molecular complexity index is 1240. The Morgan fingerprint density at radius 2 is 1.88 bits per heavy atom. The summed E-state index contributed by atoms with van der Waals surface area (Å²) in [5, 5.41) is 40.2. The van der Waals surface area contributed by atoms with Gasteiger partial charge in [-0.25, -0.2) is 4.79 Å². The number of aliphatic hydroxyl groups is 1. The normalized spacial score (nSPS) is 28.9. The zero-order chi connectivity index (χ0) is 28.8. The molecule has 4 fully saturated rings. The fourth-order valence-corrected chi connectivity index (χ4v) is 6.49.